The molecule has 0 aromatic carbocycles. The summed E-state index contributed by atoms with van der Waals surface area (Å²) in [6.07, 6.45) is 5.24. The SMILES string of the molecule is CC(C)[Si](OCCCCCC(I)I)(C(C)C)C(C)C. The van der Waals surface area contributed by atoms with Crippen molar-refractivity contribution in [2.24, 2.45) is 0 Å². The van der Waals surface area contributed by atoms with Gasteiger partial charge in [0.2, 0.25) is 0 Å². The normalized spacial score (nSPS) is 13.3. The minimum Gasteiger partial charge on any atom is -0.416 e. The molecule has 0 aliphatic rings. The minimum absolute atomic E-state index is 0.709. The van der Waals surface area contributed by atoms with Crippen LogP contribution in [0.1, 0.15) is 67.2 Å². The molecule has 4 heteroatoms. The maximum Gasteiger partial charge on any atom is 0.200 e. The zero-order valence-electron chi connectivity index (χ0n) is 13.5. The Hall–Kier alpha value is 1.64. The van der Waals surface area contributed by atoms with Gasteiger partial charge in [-0.3, -0.25) is 0 Å². The van der Waals surface area contributed by atoms with Crippen molar-refractivity contribution in [1.29, 1.82) is 0 Å². The Bertz CT molecular complexity index is 208. The van der Waals surface area contributed by atoms with Crippen molar-refractivity contribution in [3.8, 4) is 0 Å². The molecule has 0 aromatic rings. The Balaban J connectivity index is 4.22. The van der Waals surface area contributed by atoms with Crippen LogP contribution in [0.4, 0.5) is 0 Å². The van der Waals surface area contributed by atoms with Crippen molar-refractivity contribution in [3.05, 3.63) is 0 Å². The molecular weight excluding hydrogens is 478 g/mol. The van der Waals surface area contributed by atoms with Crippen LogP contribution in [-0.4, -0.2) is 16.9 Å². The van der Waals surface area contributed by atoms with Crippen molar-refractivity contribution < 1.29 is 4.43 Å². The molecule has 0 atom stereocenters. The smallest absolute Gasteiger partial charge is 0.200 e. The zero-order valence-corrected chi connectivity index (χ0v) is 18.8. The van der Waals surface area contributed by atoms with E-state index >= 15 is 0 Å². The summed E-state index contributed by atoms with van der Waals surface area (Å²) in [5, 5.41) is 0. The van der Waals surface area contributed by atoms with Gasteiger partial charge in [-0.1, -0.05) is 99.6 Å². The molecule has 0 N–H and O–H groups in total. The first kappa shape index (κ1) is 20.6. The first-order valence-electron chi connectivity index (χ1n) is 7.67. The summed E-state index contributed by atoms with van der Waals surface area (Å²) >= 11 is 5.01. The van der Waals surface area contributed by atoms with Crippen molar-refractivity contribution >= 4 is 53.5 Å². The van der Waals surface area contributed by atoms with Crippen LogP contribution in [-0.2, 0) is 4.43 Å². The van der Waals surface area contributed by atoms with Crippen LogP contribution < -0.4 is 0 Å². The number of hydrogen-bond acceptors (Lipinski definition) is 1. The average molecular weight is 510 g/mol. The van der Waals surface area contributed by atoms with Crippen LogP contribution in [0.5, 0.6) is 0 Å². The largest absolute Gasteiger partial charge is 0.416 e. The number of alkyl halides is 2. The van der Waals surface area contributed by atoms with E-state index in [1.807, 2.05) is 0 Å². The molecule has 0 radical (unpaired) electrons. The van der Waals surface area contributed by atoms with Gasteiger partial charge in [0, 0.05) is 6.61 Å². The molecule has 0 unspecified atom stereocenters. The van der Waals surface area contributed by atoms with E-state index in [0.29, 0.717) is 16.6 Å². The van der Waals surface area contributed by atoms with Gasteiger partial charge in [-0.25, -0.2) is 0 Å². The van der Waals surface area contributed by atoms with E-state index in [2.05, 4.69) is 86.7 Å². The molecule has 0 amide bonds. The Labute approximate surface area is 149 Å². The summed E-state index contributed by atoms with van der Waals surface area (Å²) in [5.74, 6) is 0. The van der Waals surface area contributed by atoms with E-state index in [1.54, 1.807) is 0 Å². The van der Waals surface area contributed by atoms with Gasteiger partial charge in [0.1, 0.15) is 0 Å². The number of halogens is 2. The van der Waals surface area contributed by atoms with E-state index in [0.717, 1.165) is 8.54 Å². The van der Waals surface area contributed by atoms with Crippen LogP contribution in [0.3, 0.4) is 0 Å². The summed E-state index contributed by atoms with van der Waals surface area (Å²) in [5.41, 5.74) is 2.13. The Morgan fingerprint density at radius 1 is 0.789 bits per heavy atom. The van der Waals surface area contributed by atoms with Crippen molar-refractivity contribution in [2.45, 2.75) is 85.8 Å². The highest BCUT2D eigenvalue weighted by atomic mass is 127. The van der Waals surface area contributed by atoms with Crippen molar-refractivity contribution in [1.82, 2.24) is 0 Å². The van der Waals surface area contributed by atoms with Crippen LogP contribution in [0.25, 0.3) is 0 Å². The lowest BCUT2D eigenvalue weighted by Gasteiger charge is -2.42. The first-order valence-corrected chi connectivity index (χ1v) is 12.3. The second-order valence-electron chi connectivity index (χ2n) is 6.41. The van der Waals surface area contributed by atoms with E-state index in [1.165, 1.54) is 25.7 Å². The van der Waals surface area contributed by atoms with Crippen LogP contribution in [0.15, 0.2) is 0 Å². The van der Waals surface area contributed by atoms with Gasteiger partial charge in [0.05, 0.1) is 1.93 Å². The molecule has 0 bridgehead atoms. The number of rotatable bonds is 10. The molecule has 0 heterocycles. The Morgan fingerprint density at radius 2 is 1.26 bits per heavy atom. The molecule has 0 saturated heterocycles. The predicted molar refractivity (Wildman–Crippen MR) is 107 cm³/mol. The van der Waals surface area contributed by atoms with Crippen molar-refractivity contribution in [3.63, 3.8) is 0 Å². The van der Waals surface area contributed by atoms with Gasteiger partial charge in [-0.2, -0.15) is 0 Å². The molecule has 1 nitrogen and oxygen atoms in total. The molecule has 0 aromatic heterocycles. The fourth-order valence-electron chi connectivity index (χ4n) is 3.33. The highest BCUT2D eigenvalue weighted by Crippen LogP contribution is 2.42. The maximum absolute atomic E-state index is 6.56. The van der Waals surface area contributed by atoms with E-state index in [-0.39, 0.29) is 0 Å². The summed E-state index contributed by atoms with van der Waals surface area (Å²) in [6.45, 7) is 15.2. The summed E-state index contributed by atoms with van der Waals surface area (Å²) < 4.78 is 7.34. The van der Waals surface area contributed by atoms with E-state index in [9.17, 15) is 0 Å². The molecule has 0 fully saturated rings. The Kier molecular flexibility index (Phi) is 11.3. The van der Waals surface area contributed by atoms with Gasteiger partial charge in [0.15, 0.2) is 8.32 Å². The van der Waals surface area contributed by atoms with Gasteiger partial charge in [-0.15, -0.1) is 0 Å². The third kappa shape index (κ3) is 6.95. The highest BCUT2D eigenvalue weighted by Gasteiger charge is 2.44. The summed E-state index contributed by atoms with van der Waals surface area (Å²) in [4.78, 5) is 0. The first-order chi connectivity index (χ1) is 8.75. The molecule has 116 valence electrons. The average Bonchev–Trinajstić information content (AvgIpc) is 2.26. The maximum atomic E-state index is 6.56. The molecule has 0 saturated carbocycles. The Morgan fingerprint density at radius 3 is 1.63 bits per heavy atom. The van der Waals surface area contributed by atoms with Crippen LogP contribution >= 0.6 is 45.2 Å². The zero-order chi connectivity index (χ0) is 15.1. The molecule has 0 rings (SSSR count). The quantitative estimate of drug-likeness (QED) is 0.134. The lowest BCUT2D eigenvalue weighted by Crippen LogP contribution is -2.47. The summed E-state index contributed by atoms with van der Waals surface area (Å²) in [7, 11) is -1.61. The van der Waals surface area contributed by atoms with Gasteiger partial charge < -0.3 is 4.43 Å². The van der Waals surface area contributed by atoms with Gasteiger partial charge >= 0.3 is 0 Å². The monoisotopic (exact) mass is 510 g/mol. The number of unbranched alkanes of at least 4 members (excludes halogenated alkanes) is 2. The highest BCUT2D eigenvalue weighted by molar-refractivity contribution is 14.2. The topological polar surface area (TPSA) is 9.23 Å². The number of hydrogen-bond donors (Lipinski definition) is 0. The van der Waals surface area contributed by atoms with Crippen LogP contribution in [0, 0.1) is 0 Å². The lowest BCUT2D eigenvalue weighted by atomic mass is 10.2. The molecule has 0 spiro atoms. The second kappa shape index (κ2) is 10.4. The molecule has 0 aliphatic heterocycles. The van der Waals surface area contributed by atoms with Crippen LogP contribution in [0.2, 0.25) is 16.6 Å². The third-order valence-corrected chi connectivity index (χ3v) is 11.5. The van der Waals surface area contributed by atoms with Gasteiger partial charge in [-0.05, 0) is 29.5 Å². The fourth-order valence-corrected chi connectivity index (χ4v) is 9.71. The van der Waals surface area contributed by atoms with E-state index < -0.39 is 8.32 Å². The molecule has 19 heavy (non-hydrogen) atoms. The lowest BCUT2D eigenvalue weighted by molar-refractivity contribution is 0.268. The molecule has 0 aliphatic carbocycles. The standard InChI is InChI=1S/C15H32I2OSi/c1-12(2)19(13(3)4,14(5)6)18-11-9-7-8-10-15(16)17/h12-15H,7-11H2,1-6H3. The predicted octanol–water partition coefficient (Wildman–Crippen LogP) is 6.94. The van der Waals surface area contributed by atoms with Gasteiger partial charge in [0.25, 0.3) is 0 Å². The minimum atomic E-state index is -1.61. The fraction of sp³-hybridized carbons (Fsp3) is 1.00. The second-order valence-corrected chi connectivity index (χ2v) is 17.3. The molecular formula is C15H32I2OSi. The van der Waals surface area contributed by atoms with Crippen molar-refractivity contribution in [2.75, 3.05) is 6.61 Å². The third-order valence-electron chi connectivity index (χ3n) is 4.13. The van der Waals surface area contributed by atoms with E-state index in [4.69, 9.17) is 4.43 Å². The summed E-state index contributed by atoms with van der Waals surface area (Å²) in [6, 6.07) is 0.